The average Bonchev–Trinajstić information content (AvgIpc) is 3.09. The minimum atomic E-state index is -1.85. The fourth-order valence-corrected chi connectivity index (χ4v) is 5.29. The summed E-state index contributed by atoms with van der Waals surface area (Å²) >= 11 is 7.69. The molecule has 3 fully saturated rings. The van der Waals surface area contributed by atoms with Gasteiger partial charge in [0.1, 0.15) is 22.8 Å². The van der Waals surface area contributed by atoms with Gasteiger partial charge in [0.25, 0.3) is 0 Å². The molecule has 25 heavy (non-hydrogen) atoms. The summed E-state index contributed by atoms with van der Waals surface area (Å²) in [5.74, 6) is 0. The summed E-state index contributed by atoms with van der Waals surface area (Å²) in [5.41, 5.74) is -0.933. The summed E-state index contributed by atoms with van der Waals surface area (Å²) in [6.45, 7) is 0. The van der Waals surface area contributed by atoms with Gasteiger partial charge in [-0.3, -0.25) is 4.57 Å². The molecule has 1 unspecified atom stereocenters. The lowest BCUT2D eigenvalue weighted by atomic mass is 10.2. The fourth-order valence-electron chi connectivity index (χ4n) is 3.80. The standard InChI is InChI=1S/C15H16ClFN4O3S/c16-14-19-11-7(12(20-14)25-6-3-1-2-4-6)18-5-21(11)13-8(17)15(23)9(22)10(15)24-13/h5-6,8-10,13,22-23H,1-4H2/t8-,9?,10-,13-,15-/m1/s1. The molecule has 7 nitrogen and oxygen atoms in total. The number of hydrogen-bond acceptors (Lipinski definition) is 7. The summed E-state index contributed by atoms with van der Waals surface area (Å²) in [7, 11) is 0. The average molecular weight is 387 g/mol. The number of imidazole rings is 1. The van der Waals surface area contributed by atoms with Gasteiger partial charge in [-0.15, -0.1) is 11.8 Å². The van der Waals surface area contributed by atoms with Crippen LogP contribution in [0.1, 0.15) is 31.9 Å². The number of rotatable bonds is 3. The number of nitrogens with zero attached hydrogens (tertiary/aromatic N) is 4. The van der Waals surface area contributed by atoms with Gasteiger partial charge in [-0.1, -0.05) is 12.8 Å². The number of thioether (sulfide) groups is 1. The third-order valence-corrected chi connectivity index (χ3v) is 6.78. The molecule has 5 atom stereocenters. The lowest BCUT2D eigenvalue weighted by Gasteiger charge is -2.20. The normalized spacial score (nSPS) is 37.8. The van der Waals surface area contributed by atoms with Crippen molar-refractivity contribution in [1.29, 1.82) is 0 Å². The lowest BCUT2D eigenvalue weighted by Crippen LogP contribution is -2.33. The Kier molecular flexibility index (Phi) is 3.56. The van der Waals surface area contributed by atoms with E-state index >= 15 is 0 Å². The summed E-state index contributed by atoms with van der Waals surface area (Å²) < 4.78 is 21.5. The van der Waals surface area contributed by atoms with Gasteiger partial charge in [-0.05, 0) is 24.4 Å². The first-order valence-corrected chi connectivity index (χ1v) is 9.52. The molecule has 2 aromatic heterocycles. The molecule has 1 aliphatic heterocycles. The Morgan fingerprint density at radius 2 is 2.12 bits per heavy atom. The molecule has 0 spiro atoms. The van der Waals surface area contributed by atoms with E-state index in [4.69, 9.17) is 16.3 Å². The minimum Gasteiger partial charge on any atom is -0.387 e. The highest BCUT2D eigenvalue weighted by atomic mass is 35.5. The first-order valence-electron chi connectivity index (χ1n) is 8.27. The molecule has 2 saturated carbocycles. The van der Waals surface area contributed by atoms with Crippen molar-refractivity contribution in [3.8, 4) is 0 Å². The quantitative estimate of drug-likeness (QED) is 0.614. The number of ether oxygens (including phenoxy) is 1. The number of aliphatic hydroxyl groups excluding tert-OH is 1. The molecule has 2 N–H and O–H groups in total. The molecule has 2 aliphatic carbocycles. The van der Waals surface area contributed by atoms with Gasteiger partial charge in [0.05, 0.1) is 6.33 Å². The minimum absolute atomic E-state index is 0.0621. The molecule has 10 heteroatoms. The Morgan fingerprint density at radius 3 is 2.80 bits per heavy atom. The van der Waals surface area contributed by atoms with E-state index in [0.29, 0.717) is 21.4 Å². The highest BCUT2D eigenvalue weighted by Crippen LogP contribution is 2.55. The third kappa shape index (κ3) is 2.26. The van der Waals surface area contributed by atoms with Gasteiger partial charge < -0.3 is 14.9 Å². The summed E-state index contributed by atoms with van der Waals surface area (Å²) in [5, 5.41) is 20.9. The molecule has 3 heterocycles. The maximum absolute atomic E-state index is 14.6. The summed E-state index contributed by atoms with van der Waals surface area (Å²) in [6, 6.07) is 0. The van der Waals surface area contributed by atoms with Crippen molar-refractivity contribution in [2.24, 2.45) is 0 Å². The van der Waals surface area contributed by atoms with E-state index < -0.39 is 30.2 Å². The molecular weight excluding hydrogens is 371 g/mol. The van der Waals surface area contributed by atoms with Crippen LogP contribution in [-0.4, -0.2) is 59.0 Å². The number of halogens is 2. The van der Waals surface area contributed by atoms with E-state index in [1.54, 1.807) is 11.8 Å². The molecule has 0 amide bonds. The summed E-state index contributed by atoms with van der Waals surface area (Å²) in [6.07, 6.45) is 1.09. The van der Waals surface area contributed by atoms with E-state index in [0.717, 1.165) is 12.8 Å². The largest absolute Gasteiger partial charge is 0.387 e. The van der Waals surface area contributed by atoms with Gasteiger partial charge in [-0.2, -0.15) is 4.98 Å². The molecule has 3 aliphatic rings. The second-order valence-corrected chi connectivity index (χ2v) is 8.45. The first-order chi connectivity index (χ1) is 12.0. The predicted octanol–water partition coefficient (Wildman–Crippen LogP) is 1.86. The highest BCUT2D eigenvalue weighted by molar-refractivity contribution is 8.00. The second-order valence-electron chi connectivity index (χ2n) is 6.83. The van der Waals surface area contributed by atoms with Crippen LogP contribution in [0.15, 0.2) is 11.4 Å². The molecule has 134 valence electrons. The van der Waals surface area contributed by atoms with Gasteiger partial charge >= 0.3 is 0 Å². The van der Waals surface area contributed by atoms with Crippen LogP contribution in [0.5, 0.6) is 0 Å². The molecule has 0 bridgehead atoms. The first kappa shape index (κ1) is 16.2. The topological polar surface area (TPSA) is 93.3 Å². The van der Waals surface area contributed by atoms with E-state index in [2.05, 4.69) is 15.0 Å². The number of aliphatic hydroxyl groups is 2. The monoisotopic (exact) mass is 386 g/mol. The van der Waals surface area contributed by atoms with Crippen LogP contribution in [0.25, 0.3) is 11.2 Å². The lowest BCUT2D eigenvalue weighted by molar-refractivity contribution is -0.0610. The van der Waals surface area contributed by atoms with Crippen molar-refractivity contribution in [3.05, 3.63) is 11.6 Å². The zero-order valence-electron chi connectivity index (χ0n) is 13.0. The Morgan fingerprint density at radius 1 is 1.36 bits per heavy atom. The predicted molar refractivity (Wildman–Crippen MR) is 88.2 cm³/mol. The molecule has 1 saturated heterocycles. The third-order valence-electron chi connectivity index (χ3n) is 5.30. The van der Waals surface area contributed by atoms with Crippen molar-refractivity contribution in [1.82, 2.24) is 19.5 Å². The van der Waals surface area contributed by atoms with Crippen molar-refractivity contribution < 1.29 is 19.3 Å². The van der Waals surface area contributed by atoms with E-state index in [9.17, 15) is 14.6 Å². The highest BCUT2D eigenvalue weighted by Gasteiger charge is 2.77. The van der Waals surface area contributed by atoms with E-state index in [1.807, 2.05) is 0 Å². The molecule has 0 aromatic carbocycles. The van der Waals surface area contributed by atoms with Crippen molar-refractivity contribution in [2.75, 3.05) is 0 Å². The van der Waals surface area contributed by atoms with Crippen LogP contribution in [0.4, 0.5) is 4.39 Å². The maximum atomic E-state index is 14.6. The van der Waals surface area contributed by atoms with Gasteiger partial charge in [0, 0.05) is 5.25 Å². The number of hydrogen-bond donors (Lipinski definition) is 2. The number of fused-ring (bicyclic) bond motifs is 2. The fraction of sp³-hybridized carbons (Fsp3) is 0.667. The SMILES string of the molecule is OC1[C@H]2O[C@@H](n3cnc4c(SC5CCCC5)nc(Cl)nc43)[C@@H](F)[C@@]12O. The van der Waals surface area contributed by atoms with Gasteiger partial charge in [-0.25, -0.2) is 14.4 Å². The van der Waals surface area contributed by atoms with Gasteiger partial charge in [0.2, 0.25) is 5.28 Å². The Hall–Kier alpha value is -1.00. The van der Waals surface area contributed by atoms with Crippen LogP contribution < -0.4 is 0 Å². The van der Waals surface area contributed by atoms with Crippen LogP contribution >= 0.6 is 23.4 Å². The Balaban J connectivity index is 1.52. The van der Waals surface area contributed by atoms with Crippen LogP contribution in [0, 0.1) is 0 Å². The Bertz CT molecular complexity index is 848. The molecular formula is C15H16ClFN4O3S. The van der Waals surface area contributed by atoms with E-state index in [-0.39, 0.29) is 5.28 Å². The van der Waals surface area contributed by atoms with Crippen LogP contribution in [0.3, 0.4) is 0 Å². The Labute approximate surface area is 151 Å². The second kappa shape index (κ2) is 5.50. The van der Waals surface area contributed by atoms with Crippen LogP contribution in [0.2, 0.25) is 5.28 Å². The maximum Gasteiger partial charge on any atom is 0.225 e. The molecule has 0 radical (unpaired) electrons. The molecule has 2 aromatic rings. The van der Waals surface area contributed by atoms with Gasteiger partial charge in [0.15, 0.2) is 23.6 Å². The van der Waals surface area contributed by atoms with Crippen molar-refractivity contribution in [3.63, 3.8) is 0 Å². The zero-order chi connectivity index (χ0) is 17.3. The zero-order valence-corrected chi connectivity index (χ0v) is 14.6. The smallest absolute Gasteiger partial charge is 0.225 e. The van der Waals surface area contributed by atoms with Crippen LogP contribution in [-0.2, 0) is 4.74 Å². The summed E-state index contributed by atoms with van der Waals surface area (Å²) in [4.78, 5) is 12.8. The van der Waals surface area contributed by atoms with Crippen molar-refractivity contribution in [2.45, 2.75) is 66.2 Å². The molecule has 5 rings (SSSR count). The van der Waals surface area contributed by atoms with Crippen molar-refractivity contribution >= 4 is 34.5 Å². The number of alkyl halides is 1. The number of aromatic nitrogens is 4. The van der Waals surface area contributed by atoms with E-state index in [1.165, 1.54) is 23.7 Å².